The second-order valence-electron chi connectivity index (χ2n) is 6.84. The number of esters is 1. The van der Waals surface area contributed by atoms with Crippen molar-refractivity contribution in [3.8, 4) is 11.8 Å². The maximum atomic E-state index is 13.8. The monoisotopic (exact) mass is 349 g/mol. The minimum atomic E-state index is -1.28. The van der Waals surface area contributed by atoms with Gasteiger partial charge in [-0.1, -0.05) is 39.0 Å². The number of unbranched alkanes of at least 4 members (excludes halogenated alkanes) is 3. The number of nitriles is 1. The van der Waals surface area contributed by atoms with Crippen molar-refractivity contribution in [1.82, 2.24) is 0 Å². The third kappa shape index (κ3) is 5.26. The lowest BCUT2D eigenvalue weighted by Crippen LogP contribution is -2.26. The summed E-state index contributed by atoms with van der Waals surface area (Å²) in [5, 5.41) is 8.67. The molecule has 2 rings (SSSR count). The number of hydrogen-bond acceptors (Lipinski definition) is 3. The van der Waals surface area contributed by atoms with Gasteiger partial charge in [0, 0.05) is 0 Å². The first kappa shape index (κ1) is 19.4. The molecule has 0 bridgehead atoms. The van der Waals surface area contributed by atoms with E-state index in [4.69, 9.17) is 10.00 Å². The second kappa shape index (κ2) is 9.50. The van der Waals surface area contributed by atoms with Crippen molar-refractivity contribution >= 4 is 5.97 Å². The lowest BCUT2D eigenvalue weighted by Gasteiger charge is -2.27. The molecule has 136 valence electrons. The van der Waals surface area contributed by atoms with Crippen LogP contribution >= 0.6 is 0 Å². The average molecular weight is 349 g/mol. The molecule has 0 aromatic heterocycles. The van der Waals surface area contributed by atoms with Crippen molar-refractivity contribution in [2.45, 2.75) is 64.7 Å². The molecule has 0 amide bonds. The molecule has 25 heavy (non-hydrogen) atoms. The van der Waals surface area contributed by atoms with Crippen LogP contribution < -0.4 is 4.74 Å². The average Bonchev–Trinajstić information content (AvgIpc) is 2.63. The van der Waals surface area contributed by atoms with Crippen LogP contribution in [0.3, 0.4) is 0 Å². The van der Waals surface area contributed by atoms with E-state index in [-0.39, 0.29) is 5.92 Å². The van der Waals surface area contributed by atoms with E-state index < -0.39 is 28.9 Å². The molecule has 3 nitrogen and oxygen atoms in total. The molecule has 0 spiro atoms. The van der Waals surface area contributed by atoms with Gasteiger partial charge in [-0.05, 0) is 43.7 Å². The Labute approximate surface area is 148 Å². The quantitative estimate of drug-likeness (QED) is 0.370. The number of rotatable bonds is 7. The maximum absolute atomic E-state index is 13.8. The number of ether oxygens (including phenoxy) is 1. The van der Waals surface area contributed by atoms with Gasteiger partial charge in [0.2, 0.25) is 5.82 Å². The normalized spacial score (nSPS) is 20.1. The Hall–Kier alpha value is -1.96. The van der Waals surface area contributed by atoms with E-state index in [1.807, 2.05) is 0 Å². The summed E-state index contributed by atoms with van der Waals surface area (Å²) in [6, 6.07) is 3.81. The van der Waals surface area contributed by atoms with Crippen LogP contribution in [-0.4, -0.2) is 5.97 Å². The van der Waals surface area contributed by atoms with Gasteiger partial charge in [-0.15, -0.1) is 0 Å². The molecule has 1 aromatic rings. The standard InChI is InChI=1S/C20H25F2NO2/c1-2-3-4-5-6-14-7-9-15(10-8-14)20(24)25-17-12-11-16(13-23)18(21)19(17)22/h11-12,14-15H,2-10H2,1H3/t14-,15-. The summed E-state index contributed by atoms with van der Waals surface area (Å²) in [4.78, 5) is 12.2. The summed E-state index contributed by atoms with van der Waals surface area (Å²) in [6.07, 6.45) is 9.64. The highest BCUT2D eigenvalue weighted by atomic mass is 19.2. The molecule has 0 aliphatic heterocycles. The predicted octanol–water partition coefficient (Wildman–Crippen LogP) is 5.52. The molecule has 0 heterocycles. The summed E-state index contributed by atoms with van der Waals surface area (Å²) in [6.45, 7) is 2.19. The largest absolute Gasteiger partial charge is 0.423 e. The van der Waals surface area contributed by atoms with Gasteiger partial charge < -0.3 is 4.74 Å². The smallest absolute Gasteiger partial charge is 0.314 e. The van der Waals surface area contributed by atoms with Crippen molar-refractivity contribution in [2.75, 3.05) is 0 Å². The van der Waals surface area contributed by atoms with Crippen molar-refractivity contribution in [3.63, 3.8) is 0 Å². The molecule has 1 aliphatic rings. The minimum absolute atomic E-state index is 0.259. The van der Waals surface area contributed by atoms with E-state index in [2.05, 4.69) is 6.92 Å². The summed E-state index contributed by atoms with van der Waals surface area (Å²) in [5.74, 6) is -3.11. The molecule has 1 fully saturated rings. The Balaban J connectivity index is 1.83. The summed E-state index contributed by atoms with van der Waals surface area (Å²) < 4.78 is 32.5. The first-order valence-electron chi connectivity index (χ1n) is 9.16. The molecule has 0 saturated heterocycles. The number of hydrogen-bond donors (Lipinski definition) is 0. The fourth-order valence-electron chi connectivity index (χ4n) is 3.44. The van der Waals surface area contributed by atoms with Crippen LogP contribution in [0.15, 0.2) is 12.1 Å². The highest BCUT2D eigenvalue weighted by Crippen LogP contribution is 2.33. The molecule has 0 N–H and O–H groups in total. The molecular weight excluding hydrogens is 324 g/mol. The van der Waals surface area contributed by atoms with Gasteiger partial charge in [0.25, 0.3) is 0 Å². The van der Waals surface area contributed by atoms with Crippen LogP contribution in [0, 0.1) is 34.8 Å². The van der Waals surface area contributed by atoms with E-state index in [0.29, 0.717) is 5.92 Å². The van der Waals surface area contributed by atoms with Crippen LogP contribution in [0.1, 0.15) is 70.3 Å². The summed E-state index contributed by atoms with van der Waals surface area (Å²) >= 11 is 0. The molecule has 5 heteroatoms. The Morgan fingerprint density at radius 1 is 1.16 bits per heavy atom. The van der Waals surface area contributed by atoms with Crippen LogP contribution in [0.2, 0.25) is 0 Å². The molecule has 1 saturated carbocycles. The number of benzene rings is 1. The van der Waals surface area contributed by atoms with E-state index in [1.54, 1.807) is 6.07 Å². The predicted molar refractivity (Wildman–Crippen MR) is 90.9 cm³/mol. The number of halogens is 2. The van der Waals surface area contributed by atoms with Gasteiger partial charge in [-0.3, -0.25) is 4.79 Å². The van der Waals surface area contributed by atoms with Crippen LogP contribution in [0.4, 0.5) is 8.78 Å². The Morgan fingerprint density at radius 2 is 1.88 bits per heavy atom. The van der Waals surface area contributed by atoms with E-state index in [0.717, 1.165) is 37.8 Å². The number of carbonyl (C=O) groups is 1. The second-order valence-corrected chi connectivity index (χ2v) is 6.84. The van der Waals surface area contributed by atoms with Crippen LogP contribution in [0.5, 0.6) is 5.75 Å². The summed E-state index contributed by atoms with van der Waals surface area (Å²) in [7, 11) is 0. The van der Waals surface area contributed by atoms with Gasteiger partial charge in [-0.2, -0.15) is 9.65 Å². The zero-order valence-electron chi connectivity index (χ0n) is 14.7. The lowest BCUT2D eigenvalue weighted by atomic mass is 9.80. The molecule has 0 unspecified atom stereocenters. The van der Waals surface area contributed by atoms with Gasteiger partial charge >= 0.3 is 5.97 Å². The van der Waals surface area contributed by atoms with E-state index in [1.165, 1.54) is 32.1 Å². The Bertz CT molecular complexity index is 631. The minimum Gasteiger partial charge on any atom is -0.423 e. The topological polar surface area (TPSA) is 50.1 Å². The molecule has 0 radical (unpaired) electrons. The number of carbonyl (C=O) groups excluding carboxylic acids is 1. The SMILES string of the molecule is CCCCCC[C@H]1CC[C@H](C(=O)Oc2ccc(C#N)c(F)c2F)CC1. The van der Waals surface area contributed by atoms with Crippen LogP contribution in [0.25, 0.3) is 0 Å². The molecule has 1 aliphatic carbocycles. The van der Waals surface area contributed by atoms with Crippen molar-refractivity contribution < 1.29 is 18.3 Å². The van der Waals surface area contributed by atoms with E-state index >= 15 is 0 Å². The maximum Gasteiger partial charge on any atom is 0.314 e. The molecular formula is C20H25F2NO2. The van der Waals surface area contributed by atoms with Crippen LogP contribution in [-0.2, 0) is 4.79 Å². The van der Waals surface area contributed by atoms with Gasteiger partial charge in [-0.25, -0.2) is 4.39 Å². The number of nitrogens with zero attached hydrogens (tertiary/aromatic N) is 1. The zero-order chi connectivity index (χ0) is 18.2. The fourth-order valence-corrected chi connectivity index (χ4v) is 3.44. The lowest BCUT2D eigenvalue weighted by molar-refractivity contribution is -0.140. The van der Waals surface area contributed by atoms with Crippen molar-refractivity contribution in [2.24, 2.45) is 11.8 Å². The van der Waals surface area contributed by atoms with E-state index in [9.17, 15) is 13.6 Å². The first-order valence-corrected chi connectivity index (χ1v) is 9.16. The zero-order valence-corrected chi connectivity index (χ0v) is 14.7. The van der Waals surface area contributed by atoms with Gasteiger partial charge in [0.05, 0.1) is 11.5 Å². The summed E-state index contributed by atoms with van der Waals surface area (Å²) in [5.41, 5.74) is -0.402. The fraction of sp³-hybridized carbons (Fsp3) is 0.600. The first-order chi connectivity index (χ1) is 12.1. The highest BCUT2D eigenvalue weighted by molar-refractivity contribution is 5.75. The highest BCUT2D eigenvalue weighted by Gasteiger charge is 2.28. The van der Waals surface area contributed by atoms with Crippen molar-refractivity contribution in [1.29, 1.82) is 5.26 Å². The Morgan fingerprint density at radius 3 is 2.52 bits per heavy atom. The van der Waals surface area contributed by atoms with Gasteiger partial charge in [0.1, 0.15) is 6.07 Å². The molecule has 0 atom stereocenters. The third-order valence-corrected chi connectivity index (χ3v) is 5.02. The van der Waals surface area contributed by atoms with Crippen molar-refractivity contribution in [3.05, 3.63) is 29.3 Å². The van der Waals surface area contributed by atoms with Gasteiger partial charge in [0.15, 0.2) is 11.6 Å². The Kier molecular flexibility index (Phi) is 7.36. The molecule has 1 aromatic carbocycles. The third-order valence-electron chi connectivity index (χ3n) is 5.02.